The Kier molecular flexibility index (Phi) is 9.67. The molecule has 2 aliphatic heterocycles. The second kappa shape index (κ2) is 13.1. The van der Waals surface area contributed by atoms with Crippen LogP contribution < -0.4 is 19.8 Å². The van der Waals surface area contributed by atoms with Crippen LogP contribution in [0.3, 0.4) is 0 Å². The molecule has 10 nitrogen and oxygen atoms in total. The van der Waals surface area contributed by atoms with Crippen LogP contribution in [-0.2, 0) is 32.0 Å². The minimum absolute atomic E-state index is 0.0358. The molecule has 43 heavy (non-hydrogen) atoms. The molecular weight excluding hydrogens is 615 g/mol. The fourth-order valence-corrected chi connectivity index (χ4v) is 8.28. The van der Waals surface area contributed by atoms with Crippen LogP contribution in [0.1, 0.15) is 87.0 Å². The fourth-order valence-electron chi connectivity index (χ4n) is 5.59. The molecule has 2 amide bonds. The van der Waals surface area contributed by atoms with Crippen molar-refractivity contribution in [2.45, 2.75) is 80.1 Å². The zero-order chi connectivity index (χ0) is 31.6. The average Bonchev–Trinajstić information content (AvgIpc) is 3.59. The summed E-state index contributed by atoms with van der Waals surface area (Å²) >= 11 is -0.360. The Balaban J connectivity index is 1.80. The molecule has 0 saturated carbocycles. The summed E-state index contributed by atoms with van der Waals surface area (Å²) in [6.45, 7) is 11.5. The number of aliphatic carboxylic acids is 2. The fraction of sp³-hybridized carbons (Fsp3) is 0.375. The van der Waals surface area contributed by atoms with Gasteiger partial charge in [0.2, 0.25) is 0 Å². The molecule has 0 aliphatic carbocycles. The van der Waals surface area contributed by atoms with Gasteiger partial charge in [-0.25, -0.2) is 0 Å². The van der Waals surface area contributed by atoms with E-state index in [1.54, 1.807) is 13.8 Å². The Morgan fingerprint density at radius 3 is 1.40 bits per heavy atom. The number of amides is 2. The van der Waals surface area contributed by atoms with Crippen molar-refractivity contribution in [2.75, 3.05) is 0 Å². The summed E-state index contributed by atoms with van der Waals surface area (Å²) in [6, 6.07) is 0. The van der Waals surface area contributed by atoms with Gasteiger partial charge in [-0.3, -0.25) is 0 Å². The van der Waals surface area contributed by atoms with E-state index in [1.165, 1.54) is 0 Å². The number of H-pyrrole nitrogens is 2. The zero-order valence-corrected chi connectivity index (χ0v) is 27.0. The van der Waals surface area contributed by atoms with Crippen LogP contribution in [0.4, 0.5) is 0 Å². The minimum atomic E-state index is -0.894. The molecule has 2 aromatic rings. The Morgan fingerprint density at radius 1 is 0.698 bits per heavy atom. The Labute approximate surface area is 257 Å². The van der Waals surface area contributed by atoms with Crippen LogP contribution in [-0.4, -0.2) is 58.9 Å². The third-order valence-electron chi connectivity index (χ3n) is 8.16. The number of carboxylic acids is 2. The van der Waals surface area contributed by atoms with Gasteiger partial charge in [-0.1, -0.05) is 0 Å². The van der Waals surface area contributed by atoms with Crippen molar-refractivity contribution in [3.05, 3.63) is 67.3 Å². The van der Waals surface area contributed by atoms with E-state index >= 15 is 0 Å². The van der Waals surface area contributed by atoms with E-state index in [2.05, 4.69) is 20.6 Å². The van der Waals surface area contributed by atoms with E-state index in [0.717, 1.165) is 65.4 Å². The summed E-state index contributed by atoms with van der Waals surface area (Å²) in [4.78, 5) is 54.8. The van der Waals surface area contributed by atoms with E-state index in [4.69, 9.17) is 0 Å². The summed E-state index contributed by atoms with van der Waals surface area (Å²) in [5, 5.41) is 24.8. The molecule has 11 heteroatoms. The molecular formula is C32H38N4O6Se. The number of rotatable bonds is 12. The zero-order valence-electron chi connectivity index (χ0n) is 25.3. The molecule has 228 valence electrons. The topological polar surface area (TPSA) is 164 Å². The first kappa shape index (κ1) is 31.8. The Hall–Kier alpha value is -4.08. The summed E-state index contributed by atoms with van der Waals surface area (Å²) < 4.78 is 1.77. The average molecular weight is 654 g/mol. The Bertz CT molecular complexity index is 1530. The summed E-state index contributed by atoms with van der Waals surface area (Å²) in [5.41, 5.74) is 9.98. The molecule has 0 spiro atoms. The molecule has 6 N–H and O–H groups in total. The van der Waals surface area contributed by atoms with Gasteiger partial charge in [0.05, 0.1) is 0 Å². The first-order valence-corrected chi connectivity index (χ1v) is 16.1. The van der Waals surface area contributed by atoms with Crippen molar-refractivity contribution >= 4 is 60.0 Å². The van der Waals surface area contributed by atoms with Crippen LogP contribution in [0.2, 0.25) is 0 Å². The molecule has 0 bridgehead atoms. The van der Waals surface area contributed by atoms with Crippen molar-refractivity contribution in [1.29, 1.82) is 0 Å². The number of carbonyl (C=O) groups excluding carboxylic acids is 2. The van der Waals surface area contributed by atoms with Gasteiger partial charge in [-0.2, -0.15) is 0 Å². The van der Waals surface area contributed by atoms with Crippen molar-refractivity contribution in [3.63, 3.8) is 0 Å². The number of carbonyl (C=O) groups is 4. The predicted molar refractivity (Wildman–Crippen MR) is 166 cm³/mol. The third kappa shape index (κ3) is 6.63. The first-order valence-electron chi connectivity index (χ1n) is 14.4. The molecule has 0 aromatic carbocycles. The molecule has 0 atom stereocenters. The van der Waals surface area contributed by atoms with Gasteiger partial charge in [-0.05, 0) is 0 Å². The van der Waals surface area contributed by atoms with Crippen molar-refractivity contribution in [3.8, 4) is 0 Å². The van der Waals surface area contributed by atoms with E-state index in [1.807, 2.05) is 39.8 Å². The van der Waals surface area contributed by atoms with Crippen molar-refractivity contribution in [2.24, 2.45) is 0 Å². The first-order chi connectivity index (χ1) is 20.4. The van der Waals surface area contributed by atoms with Gasteiger partial charge >= 0.3 is 257 Å². The van der Waals surface area contributed by atoms with Crippen LogP contribution in [0.5, 0.6) is 0 Å². The number of hydrogen-bond acceptors (Lipinski definition) is 4. The van der Waals surface area contributed by atoms with Gasteiger partial charge in [-0.15, -0.1) is 0 Å². The normalized spacial score (nSPS) is 17.1. The molecule has 0 unspecified atom stereocenters. The van der Waals surface area contributed by atoms with Crippen LogP contribution in [0, 0.1) is 13.8 Å². The third-order valence-corrected chi connectivity index (χ3v) is 10.5. The van der Waals surface area contributed by atoms with E-state index in [-0.39, 0.29) is 39.6 Å². The summed E-state index contributed by atoms with van der Waals surface area (Å²) in [6.07, 6.45) is 5.81. The maximum absolute atomic E-state index is 12.3. The molecule has 2 aromatic heterocycles. The van der Waals surface area contributed by atoms with Gasteiger partial charge in [0.25, 0.3) is 0 Å². The standard InChI is InChI=1S/C32H38N4O6Se/c1-7-19-17(5)29(41)33-25(19)13-23-15(3)21(9-11-27(37)38)31(35-23)43-32-22(10-12-28(39)40)16(4)24(36-32)14-26-20(8-2)18(6)30(42)34-26/h13-14,35-36H,7-12H2,1-6H3,(H,33,41)(H,34,42)(H,37,38)(H,39,40)/b25-13+,26-14+. The molecule has 0 radical (unpaired) electrons. The van der Waals surface area contributed by atoms with Crippen LogP contribution in [0.25, 0.3) is 12.2 Å². The summed E-state index contributed by atoms with van der Waals surface area (Å²) in [5.74, 6) is -2.03. The Morgan fingerprint density at radius 2 is 1.07 bits per heavy atom. The molecule has 2 aliphatic rings. The number of hydrogen-bond donors (Lipinski definition) is 6. The quantitative estimate of drug-likeness (QED) is 0.193. The number of aromatic amines is 2. The van der Waals surface area contributed by atoms with Crippen molar-refractivity contribution in [1.82, 2.24) is 20.6 Å². The van der Waals surface area contributed by atoms with Gasteiger partial charge in [0.15, 0.2) is 0 Å². The molecule has 4 rings (SSSR count). The van der Waals surface area contributed by atoms with E-state index in [0.29, 0.717) is 36.8 Å². The SMILES string of the molecule is CCC1=C(C)C(=O)N/C1=C/c1[nH]c([Se]c2[nH]c(/C=C3/NC(=O)C(C)=C3CC)c(C)c2CCC(=O)O)c(CCC(=O)O)c1C. The number of aromatic nitrogens is 2. The number of nitrogens with one attached hydrogen (secondary N) is 4. The second-order valence-electron chi connectivity index (χ2n) is 10.8. The van der Waals surface area contributed by atoms with Crippen LogP contribution in [0.15, 0.2) is 33.7 Å². The van der Waals surface area contributed by atoms with Gasteiger partial charge in [0.1, 0.15) is 0 Å². The van der Waals surface area contributed by atoms with Gasteiger partial charge < -0.3 is 0 Å². The van der Waals surface area contributed by atoms with Gasteiger partial charge in [0, 0.05) is 0 Å². The number of carboxylic acid groups (broad SMARTS) is 2. The molecule has 0 saturated heterocycles. The maximum atomic E-state index is 12.3. The van der Waals surface area contributed by atoms with Crippen molar-refractivity contribution < 1.29 is 29.4 Å². The van der Waals surface area contributed by atoms with Crippen LogP contribution >= 0.6 is 0 Å². The predicted octanol–water partition coefficient (Wildman–Crippen LogP) is 3.04. The second-order valence-corrected chi connectivity index (χ2v) is 12.9. The summed E-state index contributed by atoms with van der Waals surface area (Å²) in [7, 11) is 0. The number of allylic oxidation sites excluding steroid dienone is 2. The van der Waals surface area contributed by atoms with E-state index < -0.39 is 11.9 Å². The monoisotopic (exact) mass is 654 g/mol. The van der Waals surface area contributed by atoms with E-state index in [9.17, 15) is 29.4 Å². The molecule has 4 heterocycles. The molecule has 0 fully saturated rings.